The minimum atomic E-state index is 0. The third-order valence-corrected chi connectivity index (χ3v) is 2.61. The van der Waals surface area contributed by atoms with Crippen molar-refractivity contribution in [1.29, 1.82) is 0 Å². The van der Waals surface area contributed by atoms with Crippen LogP contribution in [0.15, 0.2) is 60.7 Å². The van der Waals surface area contributed by atoms with Crippen LogP contribution in [0.4, 0.5) is 0 Å². The molecule has 70 valence electrons. The van der Waals surface area contributed by atoms with E-state index in [1.54, 1.807) is 0 Å². The minimum Gasteiger partial charge on any atom is -1.00 e. The van der Waals surface area contributed by atoms with Crippen LogP contribution in [-0.4, -0.2) is 37.7 Å². The molecule has 0 saturated carbocycles. The molecular formula is C14H12Ca. The van der Waals surface area contributed by atoms with Crippen molar-refractivity contribution in [2.24, 2.45) is 0 Å². The summed E-state index contributed by atoms with van der Waals surface area (Å²) in [6.07, 6.45) is 0. The van der Waals surface area contributed by atoms with E-state index in [2.05, 4.69) is 60.7 Å². The molecule has 1 heteroatoms. The largest absolute Gasteiger partial charge is 2.00 e. The predicted molar refractivity (Wildman–Crippen MR) is 69.4 cm³/mol. The number of hydrogen-bond acceptors (Lipinski definition) is 0. The van der Waals surface area contributed by atoms with Crippen molar-refractivity contribution in [1.82, 2.24) is 0 Å². The second-order valence-electron chi connectivity index (χ2n) is 3.55. The van der Waals surface area contributed by atoms with Gasteiger partial charge in [-0.1, -0.05) is 48.5 Å². The normalized spacial score (nSPS) is 10.1. The van der Waals surface area contributed by atoms with Crippen molar-refractivity contribution in [3.05, 3.63) is 60.7 Å². The molecule has 0 aromatic heterocycles. The summed E-state index contributed by atoms with van der Waals surface area (Å²) in [5.74, 6) is 0. The first-order valence-corrected chi connectivity index (χ1v) is 4.81. The van der Waals surface area contributed by atoms with Gasteiger partial charge in [-0.05, 0) is 33.7 Å². The monoisotopic (exact) mass is 220 g/mol. The van der Waals surface area contributed by atoms with Crippen molar-refractivity contribution >= 4 is 59.3 Å². The van der Waals surface area contributed by atoms with E-state index < -0.39 is 0 Å². The molecule has 0 unspecified atom stereocenters. The van der Waals surface area contributed by atoms with Crippen LogP contribution < -0.4 is 0 Å². The molecule has 0 aliphatic rings. The molecule has 3 aromatic rings. The number of benzene rings is 3. The molecule has 3 aromatic carbocycles. The number of fused-ring (bicyclic) bond motifs is 2. The van der Waals surface area contributed by atoms with Crippen molar-refractivity contribution in [2.45, 2.75) is 0 Å². The summed E-state index contributed by atoms with van der Waals surface area (Å²) in [4.78, 5) is 0. The van der Waals surface area contributed by atoms with E-state index in [0.717, 1.165) is 0 Å². The standard InChI is InChI=1S/C14H10.Ca.2H/c1-2-6-12-10-14-8-4-3-7-13(14)9-11(12)5-1;;;/h1-10H;;;/q;+2;2*-1. The SMILES string of the molecule is [Ca+2].[H-].[H-].c1ccc2cc3ccccc3cc2c1. The van der Waals surface area contributed by atoms with Gasteiger partial charge in [0.25, 0.3) is 0 Å². The van der Waals surface area contributed by atoms with Gasteiger partial charge in [-0.25, -0.2) is 0 Å². The van der Waals surface area contributed by atoms with Crippen LogP contribution in [0.3, 0.4) is 0 Å². The van der Waals surface area contributed by atoms with Gasteiger partial charge < -0.3 is 2.85 Å². The van der Waals surface area contributed by atoms with Crippen molar-refractivity contribution in [3.63, 3.8) is 0 Å². The third kappa shape index (κ3) is 2.03. The maximum atomic E-state index is 2.24. The van der Waals surface area contributed by atoms with Gasteiger partial charge >= 0.3 is 37.7 Å². The van der Waals surface area contributed by atoms with E-state index in [9.17, 15) is 0 Å². The molecule has 0 spiro atoms. The van der Waals surface area contributed by atoms with Crippen molar-refractivity contribution in [3.8, 4) is 0 Å². The Labute approximate surface area is 122 Å². The first kappa shape index (κ1) is 10.9. The summed E-state index contributed by atoms with van der Waals surface area (Å²) in [5.41, 5.74) is 0. The van der Waals surface area contributed by atoms with E-state index >= 15 is 0 Å². The Kier molecular flexibility index (Phi) is 3.30. The van der Waals surface area contributed by atoms with Gasteiger partial charge in [0.05, 0.1) is 0 Å². The fraction of sp³-hybridized carbons (Fsp3) is 0. The molecule has 0 nitrogen and oxygen atoms in total. The molecule has 0 radical (unpaired) electrons. The van der Waals surface area contributed by atoms with E-state index in [-0.39, 0.29) is 40.6 Å². The summed E-state index contributed by atoms with van der Waals surface area (Å²) in [6, 6.07) is 21.4. The molecule has 0 saturated heterocycles. The average molecular weight is 220 g/mol. The molecule has 0 aliphatic carbocycles. The van der Waals surface area contributed by atoms with Gasteiger partial charge in [0, 0.05) is 0 Å². The molecule has 0 bridgehead atoms. The molecule has 0 aliphatic heterocycles. The Morgan fingerprint density at radius 1 is 0.533 bits per heavy atom. The molecule has 0 amide bonds. The van der Waals surface area contributed by atoms with Crippen LogP contribution in [0.25, 0.3) is 21.5 Å². The first-order valence-electron chi connectivity index (χ1n) is 4.81. The molecular weight excluding hydrogens is 208 g/mol. The van der Waals surface area contributed by atoms with Gasteiger partial charge in [-0.3, -0.25) is 0 Å². The van der Waals surface area contributed by atoms with E-state index in [0.29, 0.717) is 0 Å². The molecule has 0 heterocycles. The second kappa shape index (κ2) is 4.52. The first-order chi connectivity index (χ1) is 6.93. The topological polar surface area (TPSA) is 0 Å². The zero-order valence-corrected chi connectivity index (χ0v) is 10.7. The quantitative estimate of drug-likeness (QED) is 0.399. The molecule has 0 N–H and O–H groups in total. The second-order valence-corrected chi connectivity index (χ2v) is 3.55. The average Bonchev–Trinajstić information content (AvgIpc) is 2.26. The van der Waals surface area contributed by atoms with Crippen LogP contribution in [-0.2, 0) is 0 Å². The maximum Gasteiger partial charge on any atom is 2.00 e. The van der Waals surface area contributed by atoms with Crippen LogP contribution in [0.1, 0.15) is 2.85 Å². The van der Waals surface area contributed by atoms with Gasteiger partial charge in [0.2, 0.25) is 0 Å². The summed E-state index contributed by atoms with van der Waals surface area (Å²) < 4.78 is 0. The number of rotatable bonds is 0. The Hall–Kier alpha value is -0.560. The maximum absolute atomic E-state index is 2.24. The molecule has 0 fully saturated rings. The molecule has 3 rings (SSSR count). The van der Waals surface area contributed by atoms with Gasteiger partial charge in [-0.15, -0.1) is 0 Å². The fourth-order valence-corrected chi connectivity index (χ4v) is 1.88. The van der Waals surface area contributed by atoms with Crippen LogP contribution in [0, 0.1) is 0 Å². The zero-order chi connectivity index (χ0) is 9.38. The molecule has 0 atom stereocenters. The van der Waals surface area contributed by atoms with Gasteiger partial charge in [0.1, 0.15) is 0 Å². The van der Waals surface area contributed by atoms with Crippen LogP contribution in [0.2, 0.25) is 0 Å². The van der Waals surface area contributed by atoms with Gasteiger partial charge in [-0.2, -0.15) is 0 Å². The zero-order valence-electron chi connectivity index (χ0n) is 10.5. The van der Waals surface area contributed by atoms with E-state index in [1.807, 2.05) is 0 Å². The minimum absolute atomic E-state index is 0. The summed E-state index contributed by atoms with van der Waals surface area (Å²) in [5, 5.41) is 5.25. The predicted octanol–water partition coefficient (Wildman–Crippen LogP) is 3.84. The molecule has 15 heavy (non-hydrogen) atoms. The Bertz CT molecular complexity index is 503. The van der Waals surface area contributed by atoms with Crippen molar-refractivity contribution in [2.75, 3.05) is 0 Å². The van der Waals surface area contributed by atoms with Crippen LogP contribution >= 0.6 is 0 Å². The third-order valence-electron chi connectivity index (χ3n) is 2.61. The smallest absolute Gasteiger partial charge is 1.00 e. The van der Waals surface area contributed by atoms with Gasteiger partial charge in [0.15, 0.2) is 0 Å². The summed E-state index contributed by atoms with van der Waals surface area (Å²) in [7, 11) is 0. The van der Waals surface area contributed by atoms with Crippen LogP contribution in [0.5, 0.6) is 0 Å². The van der Waals surface area contributed by atoms with E-state index in [4.69, 9.17) is 0 Å². The Morgan fingerprint density at radius 2 is 0.800 bits per heavy atom. The Balaban J connectivity index is 0.000000853. The fourth-order valence-electron chi connectivity index (χ4n) is 1.88. The van der Waals surface area contributed by atoms with Crippen molar-refractivity contribution < 1.29 is 2.85 Å². The number of hydrogen-bond donors (Lipinski definition) is 0. The van der Waals surface area contributed by atoms with E-state index in [1.165, 1.54) is 21.5 Å². The summed E-state index contributed by atoms with van der Waals surface area (Å²) in [6.45, 7) is 0. The summed E-state index contributed by atoms with van der Waals surface area (Å²) >= 11 is 0. The Morgan fingerprint density at radius 3 is 1.07 bits per heavy atom.